The summed E-state index contributed by atoms with van der Waals surface area (Å²) in [5.41, 5.74) is 6.02. The van der Waals surface area contributed by atoms with Gasteiger partial charge in [-0.3, -0.25) is 4.79 Å². The average Bonchev–Trinajstić information content (AvgIpc) is 2.82. The zero-order chi connectivity index (χ0) is 12.3. The Morgan fingerprint density at radius 3 is 2.94 bits per heavy atom. The van der Waals surface area contributed by atoms with Crippen molar-refractivity contribution in [2.45, 2.75) is 44.7 Å². The van der Waals surface area contributed by atoms with Gasteiger partial charge in [-0.15, -0.1) is 11.3 Å². The molecule has 1 saturated carbocycles. The van der Waals surface area contributed by atoms with Gasteiger partial charge < -0.3 is 11.1 Å². The fourth-order valence-corrected chi connectivity index (χ4v) is 3.15. The maximum Gasteiger partial charge on any atom is 0.225 e. The molecule has 1 aromatic heterocycles. The summed E-state index contributed by atoms with van der Waals surface area (Å²) >= 11 is 1.67. The lowest BCUT2D eigenvalue weighted by Gasteiger charge is -2.28. The first-order chi connectivity index (χ1) is 8.18. The summed E-state index contributed by atoms with van der Waals surface area (Å²) in [5.74, 6) is 0.129. The number of nitrogens with two attached hydrogens (primary N) is 1. The minimum atomic E-state index is 0.00571. The summed E-state index contributed by atoms with van der Waals surface area (Å²) in [6.07, 6.45) is 4.19. The molecule has 94 valence electrons. The van der Waals surface area contributed by atoms with E-state index in [2.05, 4.69) is 11.4 Å². The van der Waals surface area contributed by atoms with Crippen molar-refractivity contribution in [3.63, 3.8) is 0 Å². The maximum atomic E-state index is 12.1. The summed E-state index contributed by atoms with van der Waals surface area (Å²) in [6.45, 7) is 2.03. The van der Waals surface area contributed by atoms with Crippen LogP contribution in [0.1, 0.15) is 43.5 Å². The Morgan fingerprint density at radius 1 is 1.53 bits per heavy atom. The van der Waals surface area contributed by atoms with Crippen molar-refractivity contribution in [2.24, 2.45) is 11.7 Å². The van der Waals surface area contributed by atoms with Gasteiger partial charge in [-0.05, 0) is 31.2 Å². The van der Waals surface area contributed by atoms with Crippen LogP contribution >= 0.6 is 11.3 Å². The van der Waals surface area contributed by atoms with Crippen LogP contribution in [0, 0.1) is 5.92 Å². The fraction of sp³-hybridized carbons (Fsp3) is 0.615. The second kappa shape index (κ2) is 5.65. The summed E-state index contributed by atoms with van der Waals surface area (Å²) in [4.78, 5) is 13.3. The molecule has 3 unspecified atom stereocenters. The van der Waals surface area contributed by atoms with E-state index >= 15 is 0 Å². The van der Waals surface area contributed by atoms with Gasteiger partial charge in [0.25, 0.3) is 0 Å². The number of hydrogen-bond acceptors (Lipinski definition) is 3. The van der Waals surface area contributed by atoms with E-state index in [0.29, 0.717) is 0 Å². The summed E-state index contributed by atoms with van der Waals surface area (Å²) in [7, 11) is 0. The van der Waals surface area contributed by atoms with Crippen LogP contribution in [0.5, 0.6) is 0 Å². The third-order valence-corrected chi connectivity index (χ3v) is 4.54. The van der Waals surface area contributed by atoms with Crippen LogP contribution in [0.2, 0.25) is 0 Å². The number of carbonyl (C=O) groups is 1. The van der Waals surface area contributed by atoms with Gasteiger partial charge in [0.15, 0.2) is 0 Å². The molecule has 3 N–H and O–H groups in total. The van der Waals surface area contributed by atoms with E-state index < -0.39 is 0 Å². The van der Waals surface area contributed by atoms with Crippen LogP contribution in [0.3, 0.4) is 0 Å². The molecule has 3 nitrogen and oxygen atoms in total. The van der Waals surface area contributed by atoms with E-state index in [1.54, 1.807) is 11.3 Å². The lowest BCUT2D eigenvalue weighted by Crippen LogP contribution is -2.44. The van der Waals surface area contributed by atoms with Gasteiger partial charge in [-0.25, -0.2) is 0 Å². The molecule has 1 aromatic rings. The molecule has 0 aliphatic heterocycles. The molecule has 0 aromatic carbocycles. The lowest BCUT2D eigenvalue weighted by atomic mass is 9.84. The highest BCUT2D eigenvalue weighted by molar-refractivity contribution is 7.10. The van der Waals surface area contributed by atoms with Gasteiger partial charge in [0.2, 0.25) is 5.91 Å². The SMILES string of the molecule is CC(NC(=O)C1CCCCC1N)c1cccs1. The molecule has 17 heavy (non-hydrogen) atoms. The molecule has 2 rings (SSSR count). The van der Waals surface area contributed by atoms with Crippen LogP contribution in [0.4, 0.5) is 0 Å². The predicted molar refractivity (Wildman–Crippen MR) is 70.8 cm³/mol. The number of thiophene rings is 1. The molecule has 0 spiro atoms. The van der Waals surface area contributed by atoms with Crippen molar-refractivity contribution in [1.82, 2.24) is 5.32 Å². The molecule has 1 heterocycles. The lowest BCUT2D eigenvalue weighted by molar-refractivity contribution is -0.127. The molecule has 1 amide bonds. The number of amides is 1. The van der Waals surface area contributed by atoms with Crippen molar-refractivity contribution in [1.29, 1.82) is 0 Å². The molecule has 4 heteroatoms. The minimum Gasteiger partial charge on any atom is -0.348 e. The Labute approximate surface area is 106 Å². The maximum absolute atomic E-state index is 12.1. The first-order valence-electron chi connectivity index (χ1n) is 6.28. The highest BCUT2D eigenvalue weighted by Gasteiger charge is 2.29. The Morgan fingerprint density at radius 2 is 2.29 bits per heavy atom. The highest BCUT2D eigenvalue weighted by Crippen LogP contribution is 2.25. The van der Waals surface area contributed by atoms with E-state index in [1.807, 2.05) is 18.4 Å². The molecule has 3 atom stereocenters. The van der Waals surface area contributed by atoms with Crippen LogP contribution in [0.15, 0.2) is 17.5 Å². The van der Waals surface area contributed by atoms with Crippen LogP contribution in [-0.4, -0.2) is 11.9 Å². The molecule has 0 saturated heterocycles. The molecule has 1 aliphatic carbocycles. The fourth-order valence-electron chi connectivity index (χ4n) is 2.41. The predicted octanol–water partition coefficient (Wildman–Crippen LogP) is 2.44. The zero-order valence-electron chi connectivity index (χ0n) is 10.2. The monoisotopic (exact) mass is 252 g/mol. The standard InChI is InChI=1S/C13H20N2OS/c1-9(12-7-4-8-17-12)15-13(16)10-5-2-3-6-11(10)14/h4,7-11H,2-3,5-6,14H2,1H3,(H,15,16). The minimum absolute atomic E-state index is 0.00571. The van der Waals surface area contributed by atoms with E-state index in [-0.39, 0.29) is 23.9 Å². The Bertz CT molecular complexity index is 364. The molecular weight excluding hydrogens is 232 g/mol. The van der Waals surface area contributed by atoms with Crippen molar-refractivity contribution < 1.29 is 4.79 Å². The average molecular weight is 252 g/mol. The van der Waals surface area contributed by atoms with E-state index in [1.165, 1.54) is 4.88 Å². The van der Waals surface area contributed by atoms with Crippen molar-refractivity contribution in [3.05, 3.63) is 22.4 Å². The normalized spacial score (nSPS) is 26.5. The molecule has 1 aliphatic rings. The largest absolute Gasteiger partial charge is 0.348 e. The Kier molecular flexibility index (Phi) is 4.18. The van der Waals surface area contributed by atoms with E-state index in [4.69, 9.17) is 5.73 Å². The number of hydrogen-bond donors (Lipinski definition) is 2. The quantitative estimate of drug-likeness (QED) is 0.868. The van der Waals surface area contributed by atoms with Crippen molar-refractivity contribution >= 4 is 17.2 Å². The molecular formula is C13H20N2OS. The van der Waals surface area contributed by atoms with Gasteiger partial charge in [-0.2, -0.15) is 0 Å². The topological polar surface area (TPSA) is 55.1 Å². The zero-order valence-corrected chi connectivity index (χ0v) is 11.0. The van der Waals surface area contributed by atoms with Crippen LogP contribution in [0.25, 0.3) is 0 Å². The molecule has 1 fully saturated rings. The van der Waals surface area contributed by atoms with E-state index in [9.17, 15) is 4.79 Å². The number of carbonyl (C=O) groups excluding carboxylic acids is 1. The second-order valence-electron chi connectivity index (χ2n) is 4.80. The Balaban J connectivity index is 1.92. The third kappa shape index (κ3) is 3.07. The van der Waals surface area contributed by atoms with Crippen molar-refractivity contribution in [2.75, 3.05) is 0 Å². The second-order valence-corrected chi connectivity index (χ2v) is 5.78. The third-order valence-electron chi connectivity index (χ3n) is 3.48. The summed E-state index contributed by atoms with van der Waals surface area (Å²) < 4.78 is 0. The van der Waals surface area contributed by atoms with Crippen LogP contribution in [-0.2, 0) is 4.79 Å². The first-order valence-corrected chi connectivity index (χ1v) is 7.16. The highest BCUT2D eigenvalue weighted by atomic mass is 32.1. The molecule has 0 bridgehead atoms. The number of rotatable bonds is 3. The summed E-state index contributed by atoms with van der Waals surface area (Å²) in [5, 5.41) is 5.11. The van der Waals surface area contributed by atoms with Gasteiger partial charge >= 0.3 is 0 Å². The summed E-state index contributed by atoms with van der Waals surface area (Å²) in [6, 6.07) is 4.20. The van der Waals surface area contributed by atoms with Gasteiger partial charge in [-0.1, -0.05) is 18.9 Å². The van der Waals surface area contributed by atoms with Crippen molar-refractivity contribution in [3.8, 4) is 0 Å². The van der Waals surface area contributed by atoms with Gasteiger partial charge in [0.1, 0.15) is 0 Å². The number of nitrogens with one attached hydrogen (secondary N) is 1. The smallest absolute Gasteiger partial charge is 0.225 e. The Hall–Kier alpha value is -0.870. The van der Waals surface area contributed by atoms with Gasteiger partial charge in [0.05, 0.1) is 12.0 Å². The molecule has 0 radical (unpaired) electrons. The van der Waals surface area contributed by atoms with Crippen LogP contribution < -0.4 is 11.1 Å². The first kappa shape index (κ1) is 12.6. The van der Waals surface area contributed by atoms with E-state index in [0.717, 1.165) is 25.7 Å². The van der Waals surface area contributed by atoms with Gasteiger partial charge in [0, 0.05) is 10.9 Å².